The van der Waals surface area contributed by atoms with Crippen molar-refractivity contribution in [1.82, 2.24) is 0 Å². The summed E-state index contributed by atoms with van der Waals surface area (Å²) in [5.74, 6) is -5.74. The molecule has 1 aromatic carbocycles. The van der Waals surface area contributed by atoms with Gasteiger partial charge in [0.2, 0.25) is 0 Å². The van der Waals surface area contributed by atoms with Gasteiger partial charge in [-0.1, -0.05) is 0 Å². The van der Waals surface area contributed by atoms with Crippen molar-refractivity contribution in [1.29, 1.82) is 0 Å². The number of hydrogen-bond donors (Lipinski definition) is 0. The summed E-state index contributed by atoms with van der Waals surface area (Å²) in [6.45, 7) is 0. The number of aromatic carboxylic acids is 1. The minimum absolute atomic E-state index is 0.407. The lowest BCUT2D eigenvalue weighted by Gasteiger charge is -2.13. The van der Waals surface area contributed by atoms with Crippen LogP contribution in [-0.2, 0) is 4.79 Å². The standard InChI is InChI=1S/C11H6F6O5/c12-10(13,14)4-8(18)21-6-1-5(9(19)20)2-7(3-6)22-11(15,16)17/h1-3H,4H2,(H,19,20)/p-1. The second kappa shape index (κ2) is 6.12. The predicted molar refractivity (Wildman–Crippen MR) is 53.8 cm³/mol. The number of rotatable bonds is 4. The summed E-state index contributed by atoms with van der Waals surface area (Å²) < 4.78 is 79.5. The molecule has 11 heteroatoms. The van der Waals surface area contributed by atoms with Crippen molar-refractivity contribution in [2.24, 2.45) is 0 Å². The van der Waals surface area contributed by atoms with Crippen molar-refractivity contribution in [2.75, 3.05) is 0 Å². The van der Waals surface area contributed by atoms with Crippen LogP contribution >= 0.6 is 0 Å². The zero-order valence-corrected chi connectivity index (χ0v) is 10.2. The van der Waals surface area contributed by atoms with Gasteiger partial charge in [0.25, 0.3) is 0 Å². The summed E-state index contributed by atoms with van der Waals surface area (Å²) in [5.41, 5.74) is -0.878. The summed E-state index contributed by atoms with van der Waals surface area (Å²) in [6, 6.07) is 1.34. The number of ether oxygens (including phenoxy) is 2. The maximum Gasteiger partial charge on any atom is 0.573 e. The molecule has 22 heavy (non-hydrogen) atoms. The molecule has 0 amide bonds. The van der Waals surface area contributed by atoms with E-state index in [1.807, 2.05) is 0 Å². The third-order valence-electron chi connectivity index (χ3n) is 1.93. The van der Waals surface area contributed by atoms with Gasteiger partial charge in [0.15, 0.2) is 0 Å². The van der Waals surface area contributed by atoms with E-state index in [-0.39, 0.29) is 0 Å². The summed E-state index contributed by atoms with van der Waals surface area (Å²) in [7, 11) is 0. The van der Waals surface area contributed by atoms with Gasteiger partial charge in [-0.2, -0.15) is 13.2 Å². The van der Waals surface area contributed by atoms with Crippen LogP contribution in [0.15, 0.2) is 18.2 Å². The lowest BCUT2D eigenvalue weighted by molar-refractivity contribution is -0.275. The fraction of sp³-hybridized carbons (Fsp3) is 0.273. The number of benzene rings is 1. The maximum atomic E-state index is 12.0. The molecule has 0 unspecified atom stereocenters. The molecule has 0 fully saturated rings. The molecule has 122 valence electrons. The highest BCUT2D eigenvalue weighted by Gasteiger charge is 2.33. The van der Waals surface area contributed by atoms with E-state index in [1.54, 1.807) is 0 Å². The molecule has 1 rings (SSSR count). The normalized spacial score (nSPS) is 11.9. The van der Waals surface area contributed by atoms with Crippen LogP contribution in [0.25, 0.3) is 0 Å². The Bertz CT molecular complexity index is 577. The first-order valence-corrected chi connectivity index (χ1v) is 5.25. The van der Waals surface area contributed by atoms with Crippen LogP contribution in [0, 0.1) is 0 Å². The number of carboxylic acids is 1. The molecular weight excluding hydrogens is 326 g/mol. The third-order valence-corrected chi connectivity index (χ3v) is 1.93. The molecule has 0 aliphatic heterocycles. The van der Waals surface area contributed by atoms with Gasteiger partial charge in [0.05, 0.1) is 5.97 Å². The van der Waals surface area contributed by atoms with Crippen molar-refractivity contribution in [3.8, 4) is 11.5 Å². The van der Waals surface area contributed by atoms with Gasteiger partial charge in [-0.3, -0.25) is 4.79 Å². The average Bonchev–Trinajstić information content (AvgIpc) is 2.22. The zero-order chi connectivity index (χ0) is 17.1. The number of hydrogen-bond acceptors (Lipinski definition) is 5. The van der Waals surface area contributed by atoms with Gasteiger partial charge in [0.1, 0.15) is 17.9 Å². The Balaban J connectivity index is 3.03. The topological polar surface area (TPSA) is 75.7 Å². The number of esters is 1. The number of carbonyl (C=O) groups excluding carboxylic acids is 2. The first kappa shape index (κ1) is 17.6. The Kier molecular flexibility index (Phi) is 4.89. The average molecular weight is 331 g/mol. The molecule has 0 spiro atoms. The van der Waals surface area contributed by atoms with Gasteiger partial charge in [0, 0.05) is 11.6 Å². The van der Waals surface area contributed by atoms with E-state index in [4.69, 9.17) is 0 Å². The molecular formula is C11H5F6O5-. The Morgan fingerprint density at radius 3 is 2.00 bits per heavy atom. The fourth-order valence-electron chi connectivity index (χ4n) is 1.27. The van der Waals surface area contributed by atoms with E-state index in [9.17, 15) is 41.0 Å². The Morgan fingerprint density at radius 2 is 1.55 bits per heavy atom. The number of carboxylic acid groups (broad SMARTS) is 1. The molecule has 0 aliphatic carbocycles. The van der Waals surface area contributed by atoms with Crippen LogP contribution in [0.3, 0.4) is 0 Å². The molecule has 5 nitrogen and oxygen atoms in total. The van der Waals surface area contributed by atoms with E-state index in [1.165, 1.54) is 0 Å². The number of alkyl halides is 6. The maximum absolute atomic E-state index is 12.0. The largest absolute Gasteiger partial charge is 0.573 e. The van der Waals surface area contributed by atoms with Gasteiger partial charge < -0.3 is 19.4 Å². The second-order valence-corrected chi connectivity index (χ2v) is 3.79. The monoisotopic (exact) mass is 331 g/mol. The third kappa shape index (κ3) is 6.33. The first-order chi connectivity index (χ1) is 9.85. The Morgan fingerprint density at radius 1 is 1.00 bits per heavy atom. The van der Waals surface area contributed by atoms with Crippen LogP contribution < -0.4 is 14.6 Å². The molecule has 0 saturated carbocycles. The van der Waals surface area contributed by atoms with E-state index in [0.717, 1.165) is 0 Å². The molecule has 0 heterocycles. The Hall–Kier alpha value is -2.46. The number of halogens is 6. The second-order valence-electron chi connectivity index (χ2n) is 3.79. The predicted octanol–water partition coefficient (Wildman–Crippen LogP) is 1.81. The SMILES string of the molecule is O=C(CC(F)(F)F)Oc1cc(OC(F)(F)F)cc(C(=O)[O-])c1. The van der Waals surface area contributed by atoms with Gasteiger partial charge in [-0.25, -0.2) is 0 Å². The smallest absolute Gasteiger partial charge is 0.545 e. The quantitative estimate of drug-likeness (QED) is 0.478. The zero-order valence-electron chi connectivity index (χ0n) is 10.2. The van der Waals surface area contributed by atoms with Crippen LogP contribution in [0.5, 0.6) is 11.5 Å². The van der Waals surface area contributed by atoms with E-state index in [2.05, 4.69) is 9.47 Å². The first-order valence-electron chi connectivity index (χ1n) is 5.25. The lowest BCUT2D eigenvalue weighted by atomic mass is 10.2. The molecule has 1 aromatic rings. The number of carbonyl (C=O) groups is 2. The minimum Gasteiger partial charge on any atom is -0.545 e. The summed E-state index contributed by atoms with van der Waals surface area (Å²) in [4.78, 5) is 21.6. The minimum atomic E-state index is -5.18. The van der Waals surface area contributed by atoms with Crippen molar-refractivity contribution in [3.63, 3.8) is 0 Å². The highest BCUT2D eigenvalue weighted by Crippen LogP contribution is 2.29. The van der Waals surface area contributed by atoms with Crippen molar-refractivity contribution in [2.45, 2.75) is 19.0 Å². The highest BCUT2D eigenvalue weighted by molar-refractivity contribution is 5.87. The van der Waals surface area contributed by atoms with Crippen LogP contribution in [0.4, 0.5) is 26.3 Å². The van der Waals surface area contributed by atoms with Crippen molar-refractivity contribution < 1.29 is 50.5 Å². The summed E-state index contributed by atoms with van der Waals surface area (Å²) in [6.07, 6.45) is -12.1. The van der Waals surface area contributed by atoms with Gasteiger partial charge in [-0.15, -0.1) is 13.2 Å². The lowest BCUT2D eigenvalue weighted by Crippen LogP contribution is -2.24. The summed E-state index contributed by atoms with van der Waals surface area (Å²) >= 11 is 0. The van der Waals surface area contributed by atoms with E-state index >= 15 is 0 Å². The molecule has 0 bridgehead atoms. The highest BCUT2D eigenvalue weighted by atomic mass is 19.4. The molecule has 0 radical (unpaired) electrons. The van der Waals surface area contributed by atoms with Gasteiger partial charge >= 0.3 is 18.5 Å². The fourth-order valence-corrected chi connectivity index (χ4v) is 1.27. The molecule has 0 aromatic heterocycles. The summed E-state index contributed by atoms with van der Waals surface area (Å²) in [5, 5.41) is 10.6. The molecule has 0 saturated heterocycles. The van der Waals surface area contributed by atoms with Gasteiger partial charge in [-0.05, 0) is 12.1 Å². The van der Waals surface area contributed by atoms with E-state index in [0.29, 0.717) is 18.2 Å². The van der Waals surface area contributed by atoms with Crippen LogP contribution in [0.2, 0.25) is 0 Å². The molecule has 0 aliphatic rings. The van der Waals surface area contributed by atoms with Crippen LogP contribution in [-0.4, -0.2) is 24.5 Å². The molecule has 0 N–H and O–H groups in total. The van der Waals surface area contributed by atoms with E-state index < -0.39 is 48.0 Å². The van der Waals surface area contributed by atoms with Crippen LogP contribution in [0.1, 0.15) is 16.8 Å². The molecule has 0 atom stereocenters. The van der Waals surface area contributed by atoms with Crippen molar-refractivity contribution in [3.05, 3.63) is 23.8 Å². The van der Waals surface area contributed by atoms with Crippen molar-refractivity contribution >= 4 is 11.9 Å². The Labute approximate surface area is 118 Å².